The second-order valence-corrected chi connectivity index (χ2v) is 16.3. The van der Waals surface area contributed by atoms with E-state index in [1.54, 1.807) is 0 Å². The van der Waals surface area contributed by atoms with Gasteiger partial charge in [-0.25, -0.2) is 15.0 Å². The van der Waals surface area contributed by atoms with Crippen LogP contribution in [-0.4, -0.2) is 15.0 Å². The molecule has 0 bridgehead atoms. The summed E-state index contributed by atoms with van der Waals surface area (Å²) in [5.41, 5.74) is 12.0. The molecule has 64 heavy (non-hydrogen) atoms. The van der Waals surface area contributed by atoms with E-state index in [1.807, 2.05) is 0 Å². The van der Waals surface area contributed by atoms with E-state index in [9.17, 15) is 0 Å². The van der Waals surface area contributed by atoms with Gasteiger partial charge in [0.05, 0.1) is 0 Å². The number of fused-ring (bicyclic) bond motifs is 5. The zero-order valence-corrected chi connectivity index (χ0v) is 34.9. The molecule has 0 unspecified atom stereocenters. The molecule has 0 saturated carbocycles. The molecule has 1 aromatic heterocycles. The van der Waals surface area contributed by atoms with Crippen molar-refractivity contribution in [2.45, 2.75) is 0 Å². The van der Waals surface area contributed by atoms with Crippen LogP contribution in [0.4, 0.5) is 0 Å². The van der Waals surface area contributed by atoms with E-state index in [0.29, 0.717) is 17.5 Å². The van der Waals surface area contributed by atoms with Gasteiger partial charge in [-0.3, -0.25) is 0 Å². The van der Waals surface area contributed by atoms with Crippen molar-refractivity contribution in [1.29, 1.82) is 0 Å². The number of benzene rings is 11. The highest BCUT2D eigenvalue weighted by Crippen LogP contribution is 2.39. The summed E-state index contributed by atoms with van der Waals surface area (Å²) in [6.45, 7) is 0. The summed E-state index contributed by atoms with van der Waals surface area (Å²) in [5.74, 6) is 1.85. The van der Waals surface area contributed by atoms with E-state index in [0.717, 1.165) is 44.5 Å². The van der Waals surface area contributed by atoms with Gasteiger partial charge in [-0.2, -0.15) is 0 Å². The molecular weight excluding hydrogens is 775 g/mol. The van der Waals surface area contributed by atoms with Gasteiger partial charge in [-0.05, 0) is 99.7 Å². The Labute approximate surface area is 371 Å². The SMILES string of the molecule is c1ccc(-c2cccc3c(-c4cccc(-c5nc(-c6ccc(-c7cccc8ccccc78)cc6)nc(-c6ccccc6-c6ccc7c(ccc8ccccc87)c6)n5)c4)cccc23)cc1. The fourth-order valence-electron chi connectivity index (χ4n) is 9.40. The van der Waals surface area contributed by atoms with Crippen molar-refractivity contribution in [1.82, 2.24) is 15.0 Å². The lowest BCUT2D eigenvalue weighted by molar-refractivity contribution is 1.07. The molecule has 0 atom stereocenters. The quantitative estimate of drug-likeness (QED) is 0.150. The van der Waals surface area contributed by atoms with Crippen LogP contribution >= 0.6 is 0 Å². The first-order valence-corrected chi connectivity index (χ1v) is 21.8. The van der Waals surface area contributed by atoms with Crippen LogP contribution in [-0.2, 0) is 0 Å². The van der Waals surface area contributed by atoms with Crippen LogP contribution in [0.25, 0.3) is 122 Å². The van der Waals surface area contributed by atoms with E-state index < -0.39 is 0 Å². The van der Waals surface area contributed by atoms with E-state index in [4.69, 9.17) is 15.0 Å². The highest BCUT2D eigenvalue weighted by atomic mass is 15.0. The van der Waals surface area contributed by atoms with Crippen LogP contribution in [0.15, 0.2) is 237 Å². The average Bonchev–Trinajstić information content (AvgIpc) is 3.38. The van der Waals surface area contributed by atoms with Gasteiger partial charge in [-0.1, -0.05) is 224 Å². The van der Waals surface area contributed by atoms with E-state index in [-0.39, 0.29) is 0 Å². The van der Waals surface area contributed by atoms with Crippen molar-refractivity contribution in [2.75, 3.05) is 0 Å². The molecule has 12 aromatic rings. The van der Waals surface area contributed by atoms with Crippen LogP contribution in [0, 0.1) is 0 Å². The molecule has 0 aliphatic rings. The number of hydrogen-bond acceptors (Lipinski definition) is 3. The molecule has 11 aromatic carbocycles. The lowest BCUT2D eigenvalue weighted by atomic mass is 9.92. The van der Waals surface area contributed by atoms with Crippen LogP contribution in [0.2, 0.25) is 0 Å². The lowest BCUT2D eigenvalue weighted by Crippen LogP contribution is -2.01. The third-order valence-electron chi connectivity index (χ3n) is 12.5. The van der Waals surface area contributed by atoms with Crippen LogP contribution < -0.4 is 0 Å². The summed E-state index contributed by atoms with van der Waals surface area (Å²) in [5, 5.41) is 9.77. The van der Waals surface area contributed by atoms with E-state index >= 15 is 0 Å². The zero-order chi connectivity index (χ0) is 42.4. The van der Waals surface area contributed by atoms with Gasteiger partial charge in [-0.15, -0.1) is 0 Å². The Morgan fingerprint density at radius 3 is 1.39 bits per heavy atom. The standard InChI is InChI=1S/C61H39N3/c1-2-14-40(15-3-1)52-26-12-29-57-53(27-13-28-56(52)57)45-19-10-20-48(39-45)60-62-59(44-33-30-43(31-34-44)51-25-11-18-41-16-4-6-21-49(41)51)63-61(64-60)58-24-9-8-23-54(58)47-36-37-55-46(38-47)35-32-42-17-5-7-22-50(42)55/h1-39H. The van der Waals surface area contributed by atoms with Crippen LogP contribution in [0.1, 0.15) is 0 Å². The van der Waals surface area contributed by atoms with Crippen LogP contribution in [0.3, 0.4) is 0 Å². The zero-order valence-electron chi connectivity index (χ0n) is 34.9. The molecule has 0 aliphatic carbocycles. The number of aromatic nitrogens is 3. The second kappa shape index (κ2) is 15.7. The molecule has 0 amide bonds. The molecule has 3 nitrogen and oxygen atoms in total. The second-order valence-electron chi connectivity index (χ2n) is 16.3. The summed E-state index contributed by atoms with van der Waals surface area (Å²) < 4.78 is 0. The Kier molecular flexibility index (Phi) is 9.16. The average molecular weight is 814 g/mol. The monoisotopic (exact) mass is 813 g/mol. The van der Waals surface area contributed by atoms with Crippen molar-refractivity contribution in [3.8, 4) is 78.7 Å². The molecule has 12 rings (SSSR count). The number of hydrogen-bond donors (Lipinski definition) is 0. The minimum atomic E-state index is 0.616. The van der Waals surface area contributed by atoms with Gasteiger partial charge in [0.2, 0.25) is 0 Å². The summed E-state index contributed by atoms with van der Waals surface area (Å²) in [6, 6.07) is 84.2. The first-order valence-electron chi connectivity index (χ1n) is 21.8. The van der Waals surface area contributed by atoms with Gasteiger partial charge in [0.1, 0.15) is 0 Å². The first-order chi connectivity index (χ1) is 31.7. The predicted molar refractivity (Wildman–Crippen MR) is 268 cm³/mol. The lowest BCUT2D eigenvalue weighted by Gasteiger charge is -2.14. The fraction of sp³-hybridized carbons (Fsp3) is 0. The molecule has 298 valence electrons. The smallest absolute Gasteiger partial charge is 0.164 e. The van der Waals surface area contributed by atoms with Crippen molar-refractivity contribution < 1.29 is 0 Å². The van der Waals surface area contributed by atoms with Gasteiger partial charge in [0, 0.05) is 16.7 Å². The van der Waals surface area contributed by atoms with Gasteiger partial charge in [0.15, 0.2) is 17.5 Å². The summed E-state index contributed by atoms with van der Waals surface area (Å²) >= 11 is 0. The Balaban J connectivity index is 1.00. The fourth-order valence-corrected chi connectivity index (χ4v) is 9.40. The van der Waals surface area contributed by atoms with Crippen molar-refractivity contribution in [3.05, 3.63) is 237 Å². The Morgan fingerprint density at radius 2 is 0.609 bits per heavy atom. The van der Waals surface area contributed by atoms with Gasteiger partial charge < -0.3 is 0 Å². The molecule has 3 heteroatoms. The Bertz CT molecular complexity index is 3720. The molecule has 1 heterocycles. The minimum absolute atomic E-state index is 0.616. The Morgan fingerprint density at radius 1 is 0.188 bits per heavy atom. The number of nitrogens with zero attached hydrogens (tertiary/aromatic N) is 3. The van der Waals surface area contributed by atoms with Gasteiger partial charge >= 0.3 is 0 Å². The predicted octanol–water partition coefficient (Wildman–Crippen LogP) is 16.2. The summed E-state index contributed by atoms with van der Waals surface area (Å²) in [7, 11) is 0. The van der Waals surface area contributed by atoms with Crippen LogP contribution in [0.5, 0.6) is 0 Å². The molecule has 0 aliphatic heterocycles. The first kappa shape index (κ1) is 37.2. The molecule has 0 spiro atoms. The highest BCUT2D eigenvalue weighted by molar-refractivity contribution is 6.09. The topological polar surface area (TPSA) is 38.7 Å². The molecular formula is C61H39N3. The van der Waals surface area contributed by atoms with Crippen molar-refractivity contribution in [2.24, 2.45) is 0 Å². The normalized spacial score (nSPS) is 11.4. The molecule has 0 saturated heterocycles. The van der Waals surface area contributed by atoms with Crippen molar-refractivity contribution >= 4 is 43.1 Å². The summed E-state index contributed by atoms with van der Waals surface area (Å²) in [4.78, 5) is 15.8. The largest absolute Gasteiger partial charge is 0.208 e. The van der Waals surface area contributed by atoms with E-state index in [2.05, 4.69) is 237 Å². The van der Waals surface area contributed by atoms with Gasteiger partial charge in [0.25, 0.3) is 0 Å². The Hall–Kier alpha value is -8.53. The third kappa shape index (κ3) is 6.68. The maximum atomic E-state index is 5.32. The third-order valence-corrected chi connectivity index (χ3v) is 12.5. The minimum Gasteiger partial charge on any atom is -0.208 e. The molecule has 0 N–H and O–H groups in total. The highest BCUT2D eigenvalue weighted by Gasteiger charge is 2.18. The van der Waals surface area contributed by atoms with Crippen molar-refractivity contribution in [3.63, 3.8) is 0 Å². The maximum Gasteiger partial charge on any atom is 0.164 e. The van der Waals surface area contributed by atoms with E-state index in [1.165, 1.54) is 59.8 Å². The maximum absolute atomic E-state index is 5.32. The molecule has 0 radical (unpaired) electrons. The molecule has 0 fully saturated rings. The summed E-state index contributed by atoms with van der Waals surface area (Å²) in [6.07, 6.45) is 0. The number of rotatable bonds is 7.